The van der Waals surface area contributed by atoms with Crippen LogP contribution in [0.2, 0.25) is 0 Å². The number of rotatable bonds is 8. The molecule has 2 amide bonds. The summed E-state index contributed by atoms with van der Waals surface area (Å²) in [6, 6.07) is 15.0. The summed E-state index contributed by atoms with van der Waals surface area (Å²) >= 11 is 0. The fourth-order valence-electron chi connectivity index (χ4n) is 2.86. The Bertz CT molecular complexity index is 818. The van der Waals surface area contributed by atoms with Gasteiger partial charge >= 0.3 is 0 Å². The normalized spacial score (nSPS) is 14.3. The average molecular weight is 367 g/mol. The van der Waals surface area contributed by atoms with E-state index in [2.05, 4.69) is 16.0 Å². The Kier molecular flexibility index (Phi) is 6.08. The summed E-state index contributed by atoms with van der Waals surface area (Å²) < 4.78 is 5.36. The van der Waals surface area contributed by atoms with E-state index in [1.807, 2.05) is 31.2 Å². The molecule has 27 heavy (non-hydrogen) atoms. The highest BCUT2D eigenvalue weighted by Gasteiger charge is 2.25. The lowest BCUT2D eigenvalue weighted by Gasteiger charge is -2.17. The quantitative estimate of drug-likeness (QED) is 0.670. The van der Waals surface area contributed by atoms with E-state index in [0.717, 1.165) is 24.2 Å². The second kappa shape index (κ2) is 8.68. The summed E-state index contributed by atoms with van der Waals surface area (Å²) in [6.07, 6.45) is 2.04. The molecule has 1 fully saturated rings. The molecule has 6 heteroatoms. The van der Waals surface area contributed by atoms with E-state index in [-0.39, 0.29) is 30.4 Å². The minimum absolute atomic E-state index is 0.0553. The Balaban J connectivity index is 1.58. The number of anilines is 1. The number of benzene rings is 2. The number of carbonyl (C=O) groups is 2. The molecule has 0 aromatic heterocycles. The van der Waals surface area contributed by atoms with Crippen LogP contribution in [-0.4, -0.2) is 31.5 Å². The van der Waals surface area contributed by atoms with Crippen molar-refractivity contribution in [3.8, 4) is 5.75 Å². The number of amides is 2. The molecular formula is C21H25N3O3. The lowest BCUT2D eigenvalue weighted by molar-refractivity contribution is -0.115. The number of ether oxygens (including phenoxy) is 1. The molecule has 0 unspecified atom stereocenters. The number of hydrogen-bond acceptors (Lipinski definition) is 4. The van der Waals surface area contributed by atoms with Gasteiger partial charge in [-0.05, 0) is 38.0 Å². The van der Waals surface area contributed by atoms with E-state index < -0.39 is 0 Å². The molecule has 0 radical (unpaired) electrons. The van der Waals surface area contributed by atoms with Gasteiger partial charge in [-0.25, -0.2) is 0 Å². The highest BCUT2D eigenvalue weighted by atomic mass is 16.5. The second-order valence-corrected chi connectivity index (χ2v) is 6.69. The molecule has 0 aliphatic heterocycles. The SMILES string of the molecule is COc1ccccc1[C@@H](C)NCC(=O)Nc1ccccc1C(=O)NC1CC1. The van der Waals surface area contributed by atoms with Crippen molar-refractivity contribution in [2.24, 2.45) is 0 Å². The van der Waals surface area contributed by atoms with E-state index in [4.69, 9.17) is 4.74 Å². The maximum atomic E-state index is 12.4. The van der Waals surface area contributed by atoms with Crippen molar-refractivity contribution in [3.05, 3.63) is 59.7 Å². The van der Waals surface area contributed by atoms with Gasteiger partial charge in [-0.1, -0.05) is 30.3 Å². The topological polar surface area (TPSA) is 79.5 Å². The summed E-state index contributed by atoms with van der Waals surface area (Å²) in [5, 5.41) is 8.97. The number of hydrogen-bond donors (Lipinski definition) is 3. The minimum atomic E-state index is -0.205. The zero-order valence-corrected chi connectivity index (χ0v) is 15.6. The molecule has 0 heterocycles. The molecule has 3 rings (SSSR count). The van der Waals surface area contributed by atoms with Crippen molar-refractivity contribution in [1.29, 1.82) is 0 Å². The van der Waals surface area contributed by atoms with E-state index in [0.29, 0.717) is 11.3 Å². The minimum Gasteiger partial charge on any atom is -0.496 e. The van der Waals surface area contributed by atoms with Crippen molar-refractivity contribution in [2.45, 2.75) is 31.8 Å². The van der Waals surface area contributed by atoms with Gasteiger partial charge in [0, 0.05) is 17.6 Å². The van der Waals surface area contributed by atoms with Gasteiger partial charge in [-0.2, -0.15) is 0 Å². The van der Waals surface area contributed by atoms with Crippen LogP contribution in [0.1, 0.15) is 41.7 Å². The average Bonchev–Trinajstić information content (AvgIpc) is 3.50. The van der Waals surface area contributed by atoms with Crippen molar-refractivity contribution in [2.75, 3.05) is 19.0 Å². The molecule has 0 spiro atoms. The van der Waals surface area contributed by atoms with Crippen LogP contribution in [0.5, 0.6) is 5.75 Å². The number of nitrogens with one attached hydrogen (secondary N) is 3. The monoisotopic (exact) mass is 367 g/mol. The third-order valence-corrected chi connectivity index (χ3v) is 4.53. The predicted octanol–water partition coefficient (Wildman–Crippen LogP) is 2.88. The lowest BCUT2D eigenvalue weighted by atomic mass is 10.1. The Labute approximate surface area is 159 Å². The van der Waals surface area contributed by atoms with Crippen LogP contribution in [0.15, 0.2) is 48.5 Å². The molecule has 2 aromatic carbocycles. The number of methoxy groups -OCH3 is 1. The molecule has 0 bridgehead atoms. The van der Waals surface area contributed by atoms with Gasteiger partial charge in [0.05, 0.1) is 24.9 Å². The van der Waals surface area contributed by atoms with Crippen LogP contribution in [-0.2, 0) is 4.79 Å². The predicted molar refractivity (Wildman–Crippen MR) is 105 cm³/mol. The smallest absolute Gasteiger partial charge is 0.253 e. The molecule has 1 atom stereocenters. The van der Waals surface area contributed by atoms with Crippen LogP contribution in [0.25, 0.3) is 0 Å². The van der Waals surface area contributed by atoms with E-state index in [1.54, 1.807) is 31.4 Å². The van der Waals surface area contributed by atoms with E-state index in [9.17, 15) is 9.59 Å². The van der Waals surface area contributed by atoms with Crippen molar-refractivity contribution in [3.63, 3.8) is 0 Å². The van der Waals surface area contributed by atoms with Gasteiger partial charge in [0.15, 0.2) is 0 Å². The fraction of sp³-hybridized carbons (Fsp3) is 0.333. The molecular weight excluding hydrogens is 342 g/mol. The Morgan fingerprint density at radius 2 is 1.81 bits per heavy atom. The Hall–Kier alpha value is -2.86. The summed E-state index contributed by atoms with van der Waals surface area (Å²) in [5.74, 6) is 0.423. The van der Waals surface area contributed by atoms with Crippen LogP contribution < -0.4 is 20.7 Å². The third kappa shape index (κ3) is 5.08. The molecule has 1 saturated carbocycles. The molecule has 1 aliphatic carbocycles. The molecule has 0 saturated heterocycles. The van der Waals surface area contributed by atoms with Crippen LogP contribution in [0.3, 0.4) is 0 Å². The highest BCUT2D eigenvalue weighted by Crippen LogP contribution is 2.24. The van der Waals surface area contributed by atoms with Crippen LogP contribution in [0.4, 0.5) is 5.69 Å². The highest BCUT2D eigenvalue weighted by molar-refractivity contribution is 6.04. The van der Waals surface area contributed by atoms with Gasteiger partial charge in [-0.15, -0.1) is 0 Å². The first-order valence-electron chi connectivity index (χ1n) is 9.14. The molecule has 1 aliphatic rings. The Morgan fingerprint density at radius 3 is 2.56 bits per heavy atom. The maximum absolute atomic E-state index is 12.4. The second-order valence-electron chi connectivity index (χ2n) is 6.69. The van der Waals surface area contributed by atoms with Crippen LogP contribution in [0, 0.1) is 0 Å². The van der Waals surface area contributed by atoms with Crippen molar-refractivity contribution >= 4 is 17.5 Å². The first-order chi connectivity index (χ1) is 13.1. The van der Waals surface area contributed by atoms with Crippen molar-refractivity contribution in [1.82, 2.24) is 10.6 Å². The van der Waals surface area contributed by atoms with Gasteiger partial charge in [0.25, 0.3) is 5.91 Å². The molecule has 3 N–H and O–H groups in total. The first-order valence-corrected chi connectivity index (χ1v) is 9.14. The van der Waals surface area contributed by atoms with Crippen molar-refractivity contribution < 1.29 is 14.3 Å². The standard InChI is InChI=1S/C21H25N3O3/c1-14(16-7-4-6-10-19(16)27-2)22-13-20(25)24-18-9-5-3-8-17(18)21(26)23-15-11-12-15/h3-10,14-15,22H,11-13H2,1-2H3,(H,23,26)(H,24,25)/t14-/m1/s1. The summed E-state index contributed by atoms with van der Waals surface area (Å²) in [4.78, 5) is 24.7. The van der Waals surface area contributed by atoms with Gasteiger partial charge in [0.2, 0.25) is 5.91 Å². The largest absolute Gasteiger partial charge is 0.496 e. The van der Waals surface area contributed by atoms with Gasteiger partial charge < -0.3 is 20.7 Å². The number of carbonyl (C=O) groups excluding carboxylic acids is 2. The number of para-hydroxylation sites is 2. The zero-order chi connectivity index (χ0) is 19.2. The lowest BCUT2D eigenvalue weighted by Crippen LogP contribution is -2.31. The van der Waals surface area contributed by atoms with Gasteiger partial charge in [-0.3, -0.25) is 9.59 Å². The first kappa shape index (κ1) is 18.9. The van der Waals surface area contributed by atoms with E-state index in [1.165, 1.54) is 0 Å². The molecule has 2 aromatic rings. The summed E-state index contributed by atoms with van der Waals surface area (Å²) in [5.41, 5.74) is 1.99. The Morgan fingerprint density at radius 1 is 1.11 bits per heavy atom. The third-order valence-electron chi connectivity index (χ3n) is 4.53. The summed E-state index contributed by atoms with van der Waals surface area (Å²) in [7, 11) is 1.63. The van der Waals surface area contributed by atoms with Gasteiger partial charge in [0.1, 0.15) is 5.75 Å². The molecule has 142 valence electrons. The van der Waals surface area contributed by atoms with E-state index >= 15 is 0 Å². The molecule has 6 nitrogen and oxygen atoms in total. The fourth-order valence-corrected chi connectivity index (χ4v) is 2.86. The summed E-state index contributed by atoms with van der Waals surface area (Å²) in [6.45, 7) is 2.10. The zero-order valence-electron chi connectivity index (χ0n) is 15.6. The van der Waals surface area contributed by atoms with Crippen LogP contribution >= 0.6 is 0 Å². The maximum Gasteiger partial charge on any atom is 0.253 e.